The van der Waals surface area contributed by atoms with E-state index in [1.807, 2.05) is 20.8 Å². The molecule has 2 aromatic rings. The molecule has 1 N–H and O–H groups in total. The number of carbonyl (C=O) groups excluding carboxylic acids is 1. The van der Waals surface area contributed by atoms with Crippen LogP contribution in [0.15, 0.2) is 30.5 Å². The van der Waals surface area contributed by atoms with Crippen LogP contribution < -0.4 is 0 Å². The molecule has 1 aromatic carbocycles. The lowest BCUT2D eigenvalue weighted by Gasteiger charge is -2.29. The molecule has 130 valence electrons. The number of aliphatic hydroxyl groups excluding tert-OH is 1. The molecule has 6 nitrogen and oxygen atoms in total. The van der Waals surface area contributed by atoms with Gasteiger partial charge >= 0.3 is 0 Å². The number of rotatable bonds is 6. The molecule has 0 saturated heterocycles. The van der Waals surface area contributed by atoms with Gasteiger partial charge in [0.2, 0.25) is 0 Å². The normalized spacial score (nSPS) is 11.5. The van der Waals surface area contributed by atoms with E-state index < -0.39 is 0 Å². The molecular formula is C17H23FN4O2. The summed E-state index contributed by atoms with van der Waals surface area (Å²) in [5.41, 5.74) is 0.778. The topological polar surface area (TPSA) is 71.2 Å². The molecule has 2 rings (SSSR count). The van der Waals surface area contributed by atoms with Crippen molar-refractivity contribution in [2.75, 3.05) is 19.7 Å². The number of aromatic nitrogens is 3. The van der Waals surface area contributed by atoms with Gasteiger partial charge in [0.1, 0.15) is 5.82 Å². The Kier molecular flexibility index (Phi) is 5.66. The molecule has 0 spiro atoms. The van der Waals surface area contributed by atoms with Gasteiger partial charge in [0.25, 0.3) is 5.91 Å². The Morgan fingerprint density at radius 3 is 2.54 bits per heavy atom. The van der Waals surface area contributed by atoms with Crippen LogP contribution in [0.1, 0.15) is 37.7 Å². The fourth-order valence-electron chi connectivity index (χ4n) is 2.33. The number of benzene rings is 1. The Labute approximate surface area is 140 Å². The van der Waals surface area contributed by atoms with Crippen molar-refractivity contribution in [2.24, 2.45) is 5.41 Å². The third-order valence-electron chi connectivity index (χ3n) is 3.34. The van der Waals surface area contributed by atoms with Gasteiger partial charge in [-0.05, 0) is 36.1 Å². The van der Waals surface area contributed by atoms with E-state index in [0.29, 0.717) is 25.2 Å². The number of halogens is 1. The average molecular weight is 334 g/mol. The lowest BCUT2D eigenvalue weighted by atomic mass is 9.96. The Hall–Kier alpha value is -2.28. The first-order valence-electron chi connectivity index (χ1n) is 7.88. The summed E-state index contributed by atoms with van der Waals surface area (Å²) >= 11 is 0. The van der Waals surface area contributed by atoms with Gasteiger partial charge in [-0.2, -0.15) is 0 Å². The SMILES string of the molecule is CC(C)(C)CN(CCCO)C(=O)c1cn(-c2ccc(F)cc2)nn1. The monoisotopic (exact) mass is 334 g/mol. The Bertz CT molecular complexity index is 677. The van der Waals surface area contributed by atoms with Crippen LogP contribution in [0, 0.1) is 11.2 Å². The quantitative estimate of drug-likeness (QED) is 0.880. The van der Waals surface area contributed by atoms with E-state index in [1.54, 1.807) is 17.0 Å². The van der Waals surface area contributed by atoms with Crippen LogP contribution in [0.4, 0.5) is 4.39 Å². The van der Waals surface area contributed by atoms with Crippen LogP contribution in [0.3, 0.4) is 0 Å². The summed E-state index contributed by atoms with van der Waals surface area (Å²) in [5.74, 6) is -0.567. The van der Waals surface area contributed by atoms with Gasteiger partial charge in [-0.15, -0.1) is 5.10 Å². The standard InChI is InChI=1S/C17H23FN4O2/c1-17(2,3)12-21(9-4-10-23)16(24)15-11-22(20-19-15)14-7-5-13(18)6-8-14/h5-8,11,23H,4,9-10,12H2,1-3H3. The summed E-state index contributed by atoms with van der Waals surface area (Å²) in [6.07, 6.45) is 2.04. The van der Waals surface area contributed by atoms with E-state index >= 15 is 0 Å². The highest BCUT2D eigenvalue weighted by molar-refractivity contribution is 5.92. The van der Waals surface area contributed by atoms with Crippen LogP contribution >= 0.6 is 0 Å². The van der Waals surface area contributed by atoms with Crippen LogP contribution in [0.5, 0.6) is 0 Å². The molecule has 0 bridgehead atoms. The van der Waals surface area contributed by atoms with E-state index in [1.165, 1.54) is 23.0 Å². The van der Waals surface area contributed by atoms with E-state index in [0.717, 1.165) is 0 Å². The van der Waals surface area contributed by atoms with Crippen molar-refractivity contribution in [1.82, 2.24) is 19.9 Å². The first-order valence-corrected chi connectivity index (χ1v) is 7.88. The van der Waals surface area contributed by atoms with Gasteiger partial charge < -0.3 is 10.0 Å². The van der Waals surface area contributed by atoms with E-state index in [9.17, 15) is 9.18 Å². The number of nitrogens with zero attached hydrogens (tertiary/aromatic N) is 4. The van der Waals surface area contributed by atoms with E-state index in [4.69, 9.17) is 5.11 Å². The zero-order chi connectivity index (χ0) is 17.7. The van der Waals surface area contributed by atoms with Crippen molar-refractivity contribution in [3.05, 3.63) is 42.0 Å². The van der Waals surface area contributed by atoms with Crippen LogP contribution in [0.25, 0.3) is 5.69 Å². The first kappa shape index (κ1) is 18.1. The number of amides is 1. The van der Waals surface area contributed by atoms with Gasteiger partial charge in [0, 0.05) is 19.7 Å². The molecule has 0 aliphatic rings. The molecule has 0 aliphatic heterocycles. The third kappa shape index (κ3) is 4.86. The first-order chi connectivity index (χ1) is 11.3. The van der Waals surface area contributed by atoms with Crippen LogP contribution in [-0.2, 0) is 0 Å². The van der Waals surface area contributed by atoms with Crippen molar-refractivity contribution in [2.45, 2.75) is 27.2 Å². The maximum absolute atomic E-state index is 13.0. The van der Waals surface area contributed by atoms with E-state index in [-0.39, 0.29) is 29.4 Å². The minimum Gasteiger partial charge on any atom is -0.396 e. The van der Waals surface area contributed by atoms with Crippen molar-refractivity contribution < 1.29 is 14.3 Å². The van der Waals surface area contributed by atoms with Gasteiger partial charge in [0.05, 0.1) is 11.9 Å². The molecule has 1 aromatic heterocycles. The van der Waals surface area contributed by atoms with Gasteiger partial charge in [-0.3, -0.25) is 4.79 Å². The number of aliphatic hydroxyl groups is 1. The fraction of sp³-hybridized carbons (Fsp3) is 0.471. The lowest BCUT2D eigenvalue weighted by Crippen LogP contribution is -2.39. The molecule has 7 heteroatoms. The van der Waals surface area contributed by atoms with Crippen molar-refractivity contribution in [1.29, 1.82) is 0 Å². The summed E-state index contributed by atoms with van der Waals surface area (Å²) < 4.78 is 14.4. The summed E-state index contributed by atoms with van der Waals surface area (Å²) in [6.45, 7) is 7.16. The second kappa shape index (κ2) is 7.53. The molecule has 24 heavy (non-hydrogen) atoms. The highest BCUT2D eigenvalue weighted by Gasteiger charge is 2.24. The second-order valence-corrected chi connectivity index (χ2v) is 6.89. The van der Waals surface area contributed by atoms with Crippen LogP contribution in [0.2, 0.25) is 0 Å². The van der Waals surface area contributed by atoms with Crippen LogP contribution in [-0.4, -0.2) is 50.6 Å². The second-order valence-electron chi connectivity index (χ2n) is 6.89. The average Bonchev–Trinajstić information content (AvgIpc) is 3.00. The zero-order valence-electron chi connectivity index (χ0n) is 14.2. The Balaban J connectivity index is 2.19. The summed E-state index contributed by atoms with van der Waals surface area (Å²) in [4.78, 5) is 14.4. The molecule has 0 unspecified atom stereocenters. The Morgan fingerprint density at radius 2 is 1.96 bits per heavy atom. The Morgan fingerprint density at radius 1 is 1.29 bits per heavy atom. The number of hydrogen-bond donors (Lipinski definition) is 1. The van der Waals surface area contributed by atoms with Gasteiger partial charge in [-0.25, -0.2) is 9.07 Å². The molecule has 1 amide bonds. The highest BCUT2D eigenvalue weighted by atomic mass is 19.1. The van der Waals surface area contributed by atoms with E-state index in [2.05, 4.69) is 10.3 Å². The highest BCUT2D eigenvalue weighted by Crippen LogP contribution is 2.17. The maximum Gasteiger partial charge on any atom is 0.276 e. The molecule has 0 aliphatic carbocycles. The summed E-state index contributed by atoms with van der Waals surface area (Å²) in [5, 5.41) is 16.9. The molecule has 0 atom stereocenters. The zero-order valence-corrected chi connectivity index (χ0v) is 14.2. The molecule has 0 radical (unpaired) electrons. The summed E-state index contributed by atoms with van der Waals surface area (Å²) in [6, 6.07) is 5.78. The molecule has 0 fully saturated rings. The number of hydrogen-bond acceptors (Lipinski definition) is 4. The van der Waals surface area contributed by atoms with Crippen molar-refractivity contribution >= 4 is 5.91 Å². The van der Waals surface area contributed by atoms with Gasteiger partial charge in [-0.1, -0.05) is 26.0 Å². The molecular weight excluding hydrogens is 311 g/mol. The largest absolute Gasteiger partial charge is 0.396 e. The minimum atomic E-state index is -0.337. The van der Waals surface area contributed by atoms with Gasteiger partial charge in [0.15, 0.2) is 5.69 Å². The third-order valence-corrected chi connectivity index (χ3v) is 3.34. The molecule has 0 saturated carbocycles. The minimum absolute atomic E-state index is 0.0240. The predicted molar refractivity (Wildman–Crippen MR) is 88.4 cm³/mol. The van der Waals surface area contributed by atoms with Crippen molar-refractivity contribution in [3.63, 3.8) is 0 Å². The smallest absolute Gasteiger partial charge is 0.276 e. The molecule has 1 heterocycles. The fourth-order valence-corrected chi connectivity index (χ4v) is 2.33. The number of carbonyl (C=O) groups is 1. The van der Waals surface area contributed by atoms with Crippen molar-refractivity contribution in [3.8, 4) is 5.69 Å². The summed E-state index contributed by atoms with van der Waals surface area (Å²) in [7, 11) is 0. The lowest BCUT2D eigenvalue weighted by molar-refractivity contribution is 0.0676. The predicted octanol–water partition coefficient (Wildman–Crippen LogP) is 2.28. The maximum atomic E-state index is 13.0.